The van der Waals surface area contributed by atoms with Gasteiger partial charge in [-0.05, 0) is 18.6 Å². The van der Waals surface area contributed by atoms with E-state index in [1.165, 1.54) is 0 Å². The van der Waals surface area contributed by atoms with Crippen LogP contribution < -0.4 is 0 Å². The van der Waals surface area contributed by atoms with Crippen molar-refractivity contribution in [2.75, 3.05) is 0 Å². The molecule has 0 radical (unpaired) electrons. The average Bonchev–Trinajstić information content (AvgIpc) is 2.23. The molecule has 2 aromatic rings. The van der Waals surface area contributed by atoms with Crippen LogP contribution in [-0.4, -0.2) is 9.97 Å². The van der Waals surface area contributed by atoms with Gasteiger partial charge in [0.05, 0.1) is 11.9 Å². The van der Waals surface area contributed by atoms with E-state index in [4.69, 9.17) is 11.6 Å². The molecule has 0 amide bonds. The van der Waals surface area contributed by atoms with Crippen LogP contribution in [0.15, 0.2) is 36.8 Å². The molecule has 1 heterocycles. The van der Waals surface area contributed by atoms with Gasteiger partial charge in [-0.25, -0.2) is 0 Å². The Hall–Kier alpha value is -1.41. The van der Waals surface area contributed by atoms with Gasteiger partial charge in [-0.3, -0.25) is 9.97 Å². The lowest BCUT2D eigenvalue weighted by Gasteiger charge is -2.02. The van der Waals surface area contributed by atoms with Crippen LogP contribution in [-0.2, 0) is 0 Å². The molecule has 0 unspecified atom stereocenters. The summed E-state index contributed by atoms with van der Waals surface area (Å²) in [7, 11) is 0. The minimum absolute atomic E-state index is 0.758. The van der Waals surface area contributed by atoms with Gasteiger partial charge in [0, 0.05) is 23.0 Å². The first-order valence-corrected chi connectivity index (χ1v) is 4.68. The molecule has 2 nitrogen and oxygen atoms in total. The summed E-state index contributed by atoms with van der Waals surface area (Å²) in [4.78, 5) is 8.21. The van der Waals surface area contributed by atoms with Crippen LogP contribution in [0.25, 0.3) is 11.3 Å². The third-order valence-electron chi connectivity index (χ3n) is 2.03. The molecule has 3 heteroatoms. The predicted molar refractivity (Wildman–Crippen MR) is 57.2 cm³/mol. The van der Waals surface area contributed by atoms with Crippen LogP contribution in [0.1, 0.15) is 5.56 Å². The molecule has 0 fully saturated rings. The lowest BCUT2D eigenvalue weighted by molar-refractivity contribution is 1.20. The fourth-order valence-corrected chi connectivity index (χ4v) is 1.38. The molecule has 0 aliphatic rings. The monoisotopic (exact) mass is 204 g/mol. The summed E-state index contributed by atoms with van der Waals surface area (Å²) in [5.41, 5.74) is 2.91. The predicted octanol–water partition coefficient (Wildman–Crippen LogP) is 3.11. The summed E-state index contributed by atoms with van der Waals surface area (Å²) in [5, 5.41) is 0.758. The van der Waals surface area contributed by atoms with Gasteiger partial charge < -0.3 is 0 Å². The highest BCUT2D eigenvalue weighted by molar-refractivity contribution is 6.31. The lowest BCUT2D eigenvalue weighted by atomic mass is 10.1. The number of benzene rings is 1. The maximum absolute atomic E-state index is 6.02. The Labute approximate surface area is 87.6 Å². The smallest absolute Gasteiger partial charge is 0.0885 e. The van der Waals surface area contributed by atoms with Crippen LogP contribution >= 0.6 is 11.6 Å². The zero-order valence-electron chi connectivity index (χ0n) is 7.74. The lowest BCUT2D eigenvalue weighted by Crippen LogP contribution is -1.84. The highest BCUT2D eigenvalue weighted by Gasteiger charge is 2.01. The van der Waals surface area contributed by atoms with Gasteiger partial charge >= 0.3 is 0 Å². The summed E-state index contributed by atoms with van der Waals surface area (Å²) in [5.74, 6) is 0. The maximum Gasteiger partial charge on any atom is 0.0885 e. The molecule has 0 saturated carbocycles. The Balaban J connectivity index is 2.48. The number of aryl methyl sites for hydroxylation is 1. The van der Waals surface area contributed by atoms with Crippen molar-refractivity contribution in [2.45, 2.75) is 6.92 Å². The van der Waals surface area contributed by atoms with E-state index in [2.05, 4.69) is 9.97 Å². The van der Waals surface area contributed by atoms with E-state index in [0.29, 0.717) is 0 Å². The van der Waals surface area contributed by atoms with E-state index in [1.807, 2.05) is 25.1 Å². The third-order valence-corrected chi connectivity index (χ3v) is 2.44. The Morgan fingerprint density at radius 1 is 1.21 bits per heavy atom. The van der Waals surface area contributed by atoms with Crippen LogP contribution in [0.3, 0.4) is 0 Å². The Morgan fingerprint density at radius 2 is 2.07 bits per heavy atom. The first-order chi connectivity index (χ1) is 6.77. The zero-order valence-corrected chi connectivity index (χ0v) is 8.49. The summed E-state index contributed by atoms with van der Waals surface area (Å²) in [6.07, 6.45) is 5.05. The molecule has 0 spiro atoms. The molecule has 0 aliphatic carbocycles. The number of rotatable bonds is 1. The van der Waals surface area contributed by atoms with E-state index < -0.39 is 0 Å². The second-order valence-electron chi connectivity index (χ2n) is 3.05. The SMILES string of the molecule is Cc1ccc(-c2cnccn2)cc1Cl. The molecule has 0 atom stereocenters. The second kappa shape index (κ2) is 3.76. The van der Waals surface area contributed by atoms with Crippen molar-refractivity contribution in [1.29, 1.82) is 0 Å². The fourth-order valence-electron chi connectivity index (χ4n) is 1.20. The summed E-state index contributed by atoms with van der Waals surface area (Å²) in [6.45, 7) is 1.97. The first kappa shape index (κ1) is 9.16. The molecule has 14 heavy (non-hydrogen) atoms. The van der Waals surface area contributed by atoms with Crippen molar-refractivity contribution >= 4 is 11.6 Å². The van der Waals surface area contributed by atoms with Crippen molar-refractivity contribution < 1.29 is 0 Å². The number of aromatic nitrogens is 2. The molecular weight excluding hydrogens is 196 g/mol. The van der Waals surface area contributed by atoms with Crippen LogP contribution in [0.4, 0.5) is 0 Å². The highest BCUT2D eigenvalue weighted by Crippen LogP contribution is 2.22. The van der Waals surface area contributed by atoms with Crippen molar-refractivity contribution in [2.24, 2.45) is 0 Å². The van der Waals surface area contributed by atoms with Crippen LogP contribution in [0.2, 0.25) is 5.02 Å². The molecule has 2 rings (SSSR count). The maximum atomic E-state index is 6.02. The second-order valence-corrected chi connectivity index (χ2v) is 3.46. The van der Waals surface area contributed by atoms with Gasteiger partial charge in [-0.15, -0.1) is 0 Å². The highest BCUT2D eigenvalue weighted by atomic mass is 35.5. The van der Waals surface area contributed by atoms with Gasteiger partial charge in [0.1, 0.15) is 0 Å². The molecule has 0 aliphatic heterocycles. The molecular formula is C11H9ClN2. The van der Waals surface area contributed by atoms with E-state index in [0.717, 1.165) is 21.8 Å². The Kier molecular flexibility index (Phi) is 2.46. The van der Waals surface area contributed by atoms with Crippen LogP contribution in [0.5, 0.6) is 0 Å². The molecule has 1 aromatic heterocycles. The van der Waals surface area contributed by atoms with Crippen molar-refractivity contribution in [3.63, 3.8) is 0 Å². The first-order valence-electron chi connectivity index (χ1n) is 4.30. The number of hydrogen-bond donors (Lipinski definition) is 0. The normalized spacial score (nSPS) is 10.1. The van der Waals surface area contributed by atoms with Crippen molar-refractivity contribution in [3.8, 4) is 11.3 Å². The molecule has 70 valence electrons. The summed E-state index contributed by atoms with van der Waals surface area (Å²) >= 11 is 6.02. The number of nitrogens with zero attached hydrogens (tertiary/aromatic N) is 2. The fraction of sp³-hybridized carbons (Fsp3) is 0.0909. The van der Waals surface area contributed by atoms with Crippen LogP contribution in [0, 0.1) is 6.92 Å². The van der Waals surface area contributed by atoms with E-state index in [1.54, 1.807) is 18.6 Å². The van der Waals surface area contributed by atoms with Crippen molar-refractivity contribution in [3.05, 3.63) is 47.4 Å². The van der Waals surface area contributed by atoms with E-state index in [-0.39, 0.29) is 0 Å². The van der Waals surface area contributed by atoms with E-state index >= 15 is 0 Å². The average molecular weight is 205 g/mol. The van der Waals surface area contributed by atoms with Gasteiger partial charge in [-0.2, -0.15) is 0 Å². The van der Waals surface area contributed by atoms with Crippen molar-refractivity contribution in [1.82, 2.24) is 9.97 Å². The largest absolute Gasteiger partial charge is 0.261 e. The molecule has 0 N–H and O–H groups in total. The van der Waals surface area contributed by atoms with Gasteiger partial charge in [0.15, 0.2) is 0 Å². The Morgan fingerprint density at radius 3 is 2.71 bits per heavy atom. The minimum atomic E-state index is 0.758. The number of hydrogen-bond acceptors (Lipinski definition) is 2. The molecule has 0 saturated heterocycles. The molecule has 1 aromatic carbocycles. The van der Waals surface area contributed by atoms with E-state index in [9.17, 15) is 0 Å². The summed E-state index contributed by atoms with van der Waals surface area (Å²) < 4.78 is 0. The quantitative estimate of drug-likeness (QED) is 0.714. The Bertz CT molecular complexity index is 440. The standard InChI is InChI=1S/C11H9ClN2/c1-8-2-3-9(6-10(8)12)11-7-13-4-5-14-11/h2-7H,1H3. The number of halogens is 1. The summed E-state index contributed by atoms with van der Waals surface area (Å²) in [6, 6.07) is 5.87. The van der Waals surface area contributed by atoms with Gasteiger partial charge in [0.2, 0.25) is 0 Å². The van der Waals surface area contributed by atoms with Gasteiger partial charge in [-0.1, -0.05) is 23.7 Å². The molecule has 0 bridgehead atoms. The van der Waals surface area contributed by atoms with Gasteiger partial charge in [0.25, 0.3) is 0 Å². The third kappa shape index (κ3) is 1.75. The topological polar surface area (TPSA) is 25.8 Å². The minimum Gasteiger partial charge on any atom is -0.261 e. The zero-order chi connectivity index (χ0) is 9.97.